The number of amides is 1. The fourth-order valence-electron chi connectivity index (χ4n) is 4.31. The molecule has 6 aromatic rings. The Hall–Kier alpha value is -4.85. The van der Waals surface area contributed by atoms with E-state index in [1.807, 2.05) is 72.8 Å². The van der Waals surface area contributed by atoms with Crippen molar-refractivity contribution >= 4 is 44.7 Å². The first-order valence-corrected chi connectivity index (χ1v) is 11.3. The molecule has 0 aliphatic heterocycles. The Labute approximate surface area is 199 Å². The third kappa shape index (κ3) is 3.91. The SMILES string of the molecule is O=C(CCn1c2ccccc2c2nc3ccccc3nc21)Nc1cccc(-c2ccc(=O)[nH]n2)c1. The van der Waals surface area contributed by atoms with Gasteiger partial charge in [0.2, 0.25) is 5.91 Å². The second-order valence-electron chi connectivity index (χ2n) is 8.24. The molecule has 35 heavy (non-hydrogen) atoms. The van der Waals surface area contributed by atoms with Crippen LogP contribution >= 0.6 is 0 Å². The van der Waals surface area contributed by atoms with E-state index in [9.17, 15) is 9.59 Å². The molecule has 1 amide bonds. The minimum absolute atomic E-state index is 0.115. The number of H-pyrrole nitrogens is 1. The van der Waals surface area contributed by atoms with Crippen LogP contribution in [0.25, 0.3) is 44.4 Å². The second kappa shape index (κ2) is 8.49. The molecule has 0 bridgehead atoms. The summed E-state index contributed by atoms with van der Waals surface area (Å²) in [5, 5.41) is 10.5. The van der Waals surface area contributed by atoms with Crippen molar-refractivity contribution < 1.29 is 4.79 Å². The fraction of sp³-hybridized carbons (Fsp3) is 0.0741. The van der Waals surface area contributed by atoms with Crippen molar-refractivity contribution in [1.82, 2.24) is 24.7 Å². The van der Waals surface area contributed by atoms with Crippen LogP contribution in [0, 0.1) is 0 Å². The van der Waals surface area contributed by atoms with Crippen molar-refractivity contribution in [2.45, 2.75) is 13.0 Å². The first-order chi connectivity index (χ1) is 17.2. The van der Waals surface area contributed by atoms with Gasteiger partial charge in [-0.3, -0.25) is 9.59 Å². The minimum Gasteiger partial charge on any atom is -0.326 e. The van der Waals surface area contributed by atoms with Gasteiger partial charge in [-0.1, -0.05) is 42.5 Å². The molecule has 0 aliphatic rings. The number of aromatic nitrogens is 5. The lowest BCUT2D eigenvalue weighted by Crippen LogP contribution is -2.14. The highest BCUT2D eigenvalue weighted by Gasteiger charge is 2.15. The lowest BCUT2D eigenvalue weighted by Gasteiger charge is -2.09. The number of rotatable bonds is 5. The number of nitrogens with zero attached hydrogens (tertiary/aromatic N) is 4. The summed E-state index contributed by atoms with van der Waals surface area (Å²) in [6.07, 6.45) is 0.267. The predicted octanol–water partition coefficient (Wildman–Crippen LogP) is 4.52. The monoisotopic (exact) mass is 460 g/mol. The first kappa shape index (κ1) is 20.7. The Morgan fingerprint density at radius 1 is 0.886 bits per heavy atom. The molecular weight excluding hydrogens is 440 g/mol. The maximum absolute atomic E-state index is 12.9. The van der Waals surface area contributed by atoms with Crippen LogP contribution in [0.4, 0.5) is 5.69 Å². The van der Waals surface area contributed by atoms with E-state index in [0.717, 1.165) is 38.7 Å². The summed E-state index contributed by atoms with van der Waals surface area (Å²) < 4.78 is 2.06. The van der Waals surface area contributed by atoms with Crippen molar-refractivity contribution in [1.29, 1.82) is 0 Å². The van der Waals surface area contributed by atoms with Crippen molar-refractivity contribution in [2.24, 2.45) is 0 Å². The van der Waals surface area contributed by atoms with Gasteiger partial charge in [0.25, 0.3) is 5.56 Å². The molecule has 0 fully saturated rings. The van der Waals surface area contributed by atoms with E-state index in [1.165, 1.54) is 6.07 Å². The van der Waals surface area contributed by atoms with Gasteiger partial charge < -0.3 is 9.88 Å². The Bertz CT molecular complexity index is 1770. The van der Waals surface area contributed by atoms with E-state index >= 15 is 0 Å². The zero-order valence-electron chi connectivity index (χ0n) is 18.6. The van der Waals surface area contributed by atoms with E-state index in [4.69, 9.17) is 9.97 Å². The van der Waals surface area contributed by atoms with Crippen LogP contribution in [0.5, 0.6) is 0 Å². The number of benzene rings is 3. The van der Waals surface area contributed by atoms with Gasteiger partial charge in [0, 0.05) is 35.7 Å². The number of hydrogen-bond donors (Lipinski definition) is 2. The average molecular weight is 460 g/mol. The van der Waals surface area contributed by atoms with Crippen molar-refractivity contribution in [3.63, 3.8) is 0 Å². The lowest BCUT2D eigenvalue weighted by atomic mass is 10.1. The van der Waals surface area contributed by atoms with Crippen molar-refractivity contribution in [3.05, 3.63) is 95.3 Å². The minimum atomic E-state index is -0.263. The topological polar surface area (TPSA) is 106 Å². The van der Waals surface area contributed by atoms with E-state index in [0.29, 0.717) is 17.9 Å². The van der Waals surface area contributed by atoms with Crippen LogP contribution in [-0.4, -0.2) is 30.6 Å². The van der Waals surface area contributed by atoms with Gasteiger partial charge in [-0.25, -0.2) is 15.1 Å². The maximum atomic E-state index is 12.9. The molecule has 3 aromatic carbocycles. The molecule has 6 rings (SSSR count). The number of hydrogen-bond acceptors (Lipinski definition) is 5. The normalized spacial score (nSPS) is 11.3. The van der Waals surface area contributed by atoms with Crippen LogP contribution in [-0.2, 0) is 11.3 Å². The molecule has 0 spiro atoms. The van der Waals surface area contributed by atoms with Gasteiger partial charge in [0.1, 0.15) is 5.52 Å². The quantitative estimate of drug-likeness (QED) is 0.394. The molecule has 8 nitrogen and oxygen atoms in total. The van der Waals surface area contributed by atoms with Gasteiger partial charge >= 0.3 is 0 Å². The smallest absolute Gasteiger partial charge is 0.264 e. The Morgan fingerprint density at radius 2 is 1.69 bits per heavy atom. The van der Waals surface area contributed by atoms with Crippen LogP contribution in [0.2, 0.25) is 0 Å². The second-order valence-corrected chi connectivity index (χ2v) is 8.24. The summed E-state index contributed by atoms with van der Waals surface area (Å²) in [6, 6.07) is 26.3. The molecule has 8 heteroatoms. The highest BCUT2D eigenvalue weighted by atomic mass is 16.1. The molecule has 2 N–H and O–H groups in total. The van der Waals surface area contributed by atoms with E-state index in [2.05, 4.69) is 20.1 Å². The molecule has 0 atom stereocenters. The first-order valence-electron chi connectivity index (χ1n) is 11.3. The zero-order valence-corrected chi connectivity index (χ0v) is 18.6. The molecule has 0 aliphatic carbocycles. The number of para-hydroxylation sites is 3. The molecule has 3 aromatic heterocycles. The number of carbonyl (C=O) groups excluding carboxylic acids is 1. The molecule has 3 heterocycles. The average Bonchev–Trinajstić information content (AvgIpc) is 3.19. The van der Waals surface area contributed by atoms with Crippen LogP contribution < -0.4 is 10.9 Å². The highest BCUT2D eigenvalue weighted by Crippen LogP contribution is 2.28. The van der Waals surface area contributed by atoms with Gasteiger partial charge in [-0.05, 0) is 36.4 Å². The molecule has 0 saturated heterocycles. The van der Waals surface area contributed by atoms with Crippen molar-refractivity contribution in [2.75, 3.05) is 5.32 Å². The summed E-state index contributed by atoms with van der Waals surface area (Å²) in [5.41, 5.74) is 6.08. The summed E-state index contributed by atoms with van der Waals surface area (Å²) >= 11 is 0. The zero-order chi connectivity index (χ0) is 23.8. The van der Waals surface area contributed by atoms with Crippen LogP contribution in [0.3, 0.4) is 0 Å². The predicted molar refractivity (Wildman–Crippen MR) is 136 cm³/mol. The van der Waals surface area contributed by atoms with E-state index in [-0.39, 0.29) is 17.9 Å². The molecule has 0 unspecified atom stereocenters. The summed E-state index contributed by atoms with van der Waals surface area (Å²) in [5.74, 6) is -0.115. The lowest BCUT2D eigenvalue weighted by molar-refractivity contribution is -0.116. The number of nitrogens with one attached hydrogen (secondary N) is 2. The Morgan fingerprint density at radius 3 is 2.51 bits per heavy atom. The molecule has 170 valence electrons. The van der Waals surface area contributed by atoms with E-state index < -0.39 is 0 Å². The van der Waals surface area contributed by atoms with Crippen LogP contribution in [0.1, 0.15) is 6.42 Å². The highest BCUT2D eigenvalue weighted by molar-refractivity contribution is 6.06. The summed E-state index contributed by atoms with van der Waals surface area (Å²) in [6.45, 7) is 0.462. The Kier molecular flexibility index (Phi) is 5.03. The summed E-state index contributed by atoms with van der Waals surface area (Å²) in [7, 11) is 0. The number of fused-ring (bicyclic) bond motifs is 4. The molecule has 0 radical (unpaired) electrons. The number of aryl methyl sites for hydroxylation is 1. The standard InChI is InChI=1S/C27H20N6O2/c34-24(28-18-7-5-6-17(16-18)20-12-13-25(35)32-31-20)14-15-33-23-11-4-1-8-19(23)26-27(33)30-22-10-3-2-9-21(22)29-26/h1-13,16H,14-15H2,(H,28,34)(H,32,35). The molecule has 0 saturated carbocycles. The summed E-state index contributed by atoms with van der Waals surface area (Å²) in [4.78, 5) is 33.9. The largest absolute Gasteiger partial charge is 0.326 e. The van der Waals surface area contributed by atoms with Gasteiger partial charge in [-0.2, -0.15) is 5.10 Å². The number of anilines is 1. The van der Waals surface area contributed by atoms with Crippen molar-refractivity contribution in [3.8, 4) is 11.3 Å². The third-order valence-electron chi connectivity index (χ3n) is 5.94. The van der Waals surface area contributed by atoms with Gasteiger partial charge in [0.05, 0.1) is 22.2 Å². The molecular formula is C27H20N6O2. The third-order valence-corrected chi connectivity index (χ3v) is 5.94. The number of aromatic amines is 1. The van der Waals surface area contributed by atoms with Gasteiger partial charge in [0.15, 0.2) is 5.65 Å². The Balaban J connectivity index is 1.27. The van der Waals surface area contributed by atoms with Crippen LogP contribution in [0.15, 0.2) is 89.7 Å². The maximum Gasteiger partial charge on any atom is 0.264 e. The fourth-order valence-corrected chi connectivity index (χ4v) is 4.31. The van der Waals surface area contributed by atoms with E-state index in [1.54, 1.807) is 6.07 Å². The number of carbonyl (C=O) groups is 1. The van der Waals surface area contributed by atoms with Gasteiger partial charge in [-0.15, -0.1) is 0 Å².